The fourth-order valence-electron chi connectivity index (χ4n) is 2.18. The molecule has 2 atom stereocenters. The van der Waals surface area contributed by atoms with Gasteiger partial charge in [-0.25, -0.2) is 4.98 Å². The molecule has 1 amide bonds. The Morgan fingerprint density at radius 1 is 1.59 bits per heavy atom. The molecular weight excluding hydrogens is 254 g/mol. The molecule has 1 saturated carbocycles. The number of thioether (sulfide) groups is 1. The molecule has 3 N–H and O–H groups in total. The Hall–Kier alpha value is -0.750. The molecule has 2 rings (SSSR count). The van der Waals surface area contributed by atoms with Crippen LogP contribution in [-0.2, 0) is 0 Å². The predicted molar refractivity (Wildman–Crippen MR) is 73.6 cm³/mol. The first kappa shape index (κ1) is 12.7. The first-order valence-corrected chi connectivity index (χ1v) is 7.92. The van der Waals surface area contributed by atoms with Crippen LogP contribution in [0.2, 0.25) is 0 Å². The van der Waals surface area contributed by atoms with E-state index in [1.54, 1.807) is 5.38 Å². The number of carbonyl (C=O) groups excluding carboxylic acids is 1. The second kappa shape index (κ2) is 5.73. The molecule has 17 heavy (non-hydrogen) atoms. The Morgan fingerprint density at radius 3 is 3.00 bits per heavy atom. The molecule has 1 aromatic rings. The standard InChI is InChI=1S/C11H17N3OS2/c1-16-9-5-3-2-4-7(9)13-10(15)8-6-17-11(12)14-8/h6-7,9H,2-5H2,1H3,(H2,12,14)(H,13,15). The van der Waals surface area contributed by atoms with E-state index < -0.39 is 0 Å². The van der Waals surface area contributed by atoms with E-state index in [0.29, 0.717) is 16.1 Å². The van der Waals surface area contributed by atoms with E-state index in [0.717, 1.165) is 6.42 Å². The van der Waals surface area contributed by atoms with Crippen LogP contribution in [0.5, 0.6) is 0 Å². The molecule has 0 spiro atoms. The minimum absolute atomic E-state index is 0.0936. The van der Waals surface area contributed by atoms with Gasteiger partial charge in [0.05, 0.1) is 0 Å². The lowest BCUT2D eigenvalue weighted by Crippen LogP contribution is -2.43. The third-order valence-electron chi connectivity index (χ3n) is 3.08. The maximum Gasteiger partial charge on any atom is 0.271 e. The van der Waals surface area contributed by atoms with Crippen molar-refractivity contribution in [3.05, 3.63) is 11.1 Å². The van der Waals surface area contributed by atoms with Crippen LogP contribution < -0.4 is 11.1 Å². The van der Waals surface area contributed by atoms with E-state index in [9.17, 15) is 4.79 Å². The van der Waals surface area contributed by atoms with E-state index >= 15 is 0 Å². The number of nitrogens with one attached hydrogen (secondary N) is 1. The van der Waals surface area contributed by atoms with Gasteiger partial charge in [-0.1, -0.05) is 12.8 Å². The SMILES string of the molecule is CSC1CCCCC1NC(=O)c1csc(N)n1. The van der Waals surface area contributed by atoms with Crippen molar-refractivity contribution in [3.8, 4) is 0 Å². The molecule has 0 bridgehead atoms. The van der Waals surface area contributed by atoms with Crippen LogP contribution in [-0.4, -0.2) is 28.4 Å². The summed E-state index contributed by atoms with van der Waals surface area (Å²) in [5.74, 6) is -0.0936. The van der Waals surface area contributed by atoms with E-state index in [1.807, 2.05) is 11.8 Å². The van der Waals surface area contributed by atoms with E-state index in [2.05, 4.69) is 16.6 Å². The lowest BCUT2D eigenvalue weighted by Gasteiger charge is -2.30. The summed E-state index contributed by atoms with van der Waals surface area (Å²) < 4.78 is 0. The summed E-state index contributed by atoms with van der Waals surface area (Å²) in [5.41, 5.74) is 5.97. The summed E-state index contributed by atoms with van der Waals surface area (Å²) in [6.45, 7) is 0. The van der Waals surface area contributed by atoms with Crippen molar-refractivity contribution in [2.75, 3.05) is 12.0 Å². The fourth-order valence-corrected chi connectivity index (χ4v) is 3.66. The number of nitrogens with two attached hydrogens (primary N) is 1. The Labute approximate surface area is 109 Å². The number of aromatic nitrogens is 1. The Kier molecular flexibility index (Phi) is 4.28. The lowest BCUT2D eigenvalue weighted by atomic mass is 9.95. The number of hydrogen-bond donors (Lipinski definition) is 2. The quantitative estimate of drug-likeness (QED) is 0.883. The van der Waals surface area contributed by atoms with Gasteiger partial charge in [0.1, 0.15) is 5.69 Å². The van der Waals surface area contributed by atoms with Gasteiger partial charge in [-0.15, -0.1) is 11.3 Å². The van der Waals surface area contributed by atoms with E-state index in [1.165, 1.54) is 30.6 Å². The average Bonchev–Trinajstić information content (AvgIpc) is 2.77. The number of nitrogen functional groups attached to an aromatic ring is 1. The molecule has 2 unspecified atom stereocenters. The number of carbonyl (C=O) groups is 1. The van der Waals surface area contributed by atoms with Crippen LogP contribution in [0.15, 0.2) is 5.38 Å². The van der Waals surface area contributed by atoms with Gasteiger partial charge < -0.3 is 11.1 Å². The molecule has 1 aliphatic rings. The molecule has 94 valence electrons. The second-order valence-corrected chi connectivity index (χ2v) is 6.18. The van der Waals surface area contributed by atoms with Crippen LogP contribution in [0.3, 0.4) is 0 Å². The normalized spacial score (nSPS) is 24.5. The maximum absolute atomic E-state index is 12.0. The summed E-state index contributed by atoms with van der Waals surface area (Å²) in [6, 6.07) is 0.272. The Bertz CT molecular complexity index is 394. The summed E-state index contributed by atoms with van der Waals surface area (Å²) in [5, 5.41) is 5.76. The lowest BCUT2D eigenvalue weighted by molar-refractivity contribution is 0.0925. The summed E-state index contributed by atoms with van der Waals surface area (Å²) in [6.07, 6.45) is 6.82. The zero-order chi connectivity index (χ0) is 12.3. The van der Waals surface area contributed by atoms with Crippen molar-refractivity contribution in [1.82, 2.24) is 10.3 Å². The van der Waals surface area contributed by atoms with Gasteiger partial charge in [0.2, 0.25) is 0 Å². The second-order valence-electron chi connectivity index (χ2n) is 4.21. The predicted octanol–water partition coefficient (Wildman–Crippen LogP) is 2.13. The zero-order valence-electron chi connectivity index (χ0n) is 9.81. The Morgan fingerprint density at radius 2 is 2.35 bits per heavy atom. The van der Waals surface area contributed by atoms with Crippen LogP contribution in [0.4, 0.5) is 5.13 Å². The van der Waals surface area contributed by atoms with Gasteiger partial charge in [-0.2, -0.15) is 11.8 Å². The monoisotopic (exact) mass is 271 g/mol. The number of anilines is 1. The number of amides is 1. The van der Waals surface area contributed by atoms with Gasteiger partial charge in [0.15, 0.2) is 5.13 Å². The summed E-state index contributed by atoms with van der Waals surface area (Å²) in [4.78, 5) is 16.0. The molecule has 0 aromatic carbocycles. The first-order valence-electron chi connectivity index (χ1n) is 5.75. The molecule has 1 fully saturated rings. The van der Waals surface area contributed by atoms with E-state index in [4.69, 9.17) is 5.73 Å². The fraction of sp³-hybridized carbons (Fsp3) is 0.636. The molecule has 1 aliphatic carbocycles. The van der Waals surface area contributed by atoms with Gasteiger partial charge in [0.25, 0.3) is 5.91 Å². The molecule has 0 saturated heterocycles. The highest BCUT2D eigenvalue weighted by Gasteiger charge is 2.26. The minimum atomic E-state index is -0.0936. The van der Waals surface area contributed by atoms with Crippen molar-refractivity contribution in [3.63, 3.8) is 0 Å². The van der Waals surface area contributed by atoms with Crippen molar-refractivity contribution in [1.29, 1.82) is 0 Å². The molecular formula is C11H17N3OS2. The van der Waals surface area contributed by atoms with Crippen molar-refractivity contribution >= 4 is 34.1 Å². The Balaban J connectivity index is 1.97. The van der Waals surface area contributed by atoms with Crippen LogP contribution in [0.25, 0.3) is 0 Å². The molecule has 1 heterocycles. The van der Waals surface area contributed by atoms with E-state index in [-0.39, 0.29) is 11.9 Å². The zero-order valence-corrected chi connectivity index (χ0v) is 11.4. The van der Waals surface area contributed by atoms with Crippen LogP contribution in [0.1, 0.15) is 36.2 Å². The van der Waals surface area contributed by atoms with Gasteiger partial charge in [-0.05, 0) is 19.1 Å². The number of hydrogen-bond acceptors (Lipinski definition) is 5. The third-order valence-corrected chi connectivity index (χ3v) is 4.92. The molecule has 6 heteroatoms. The van der Waals surface area contributed by atoms with Crippen molar-refractivity contribution in [2.45, 2.75) is 37.0 Å². The molecule has 0 aliphatic heterocycles. The third kappa shape index (κ3) is 3.13. The number of thiazole rings is 1. The largest absolute Gasteiger partial charge is 0.375 e. The molecule has 4 nitrogen and oxygen atoms in total. The van der Waals surface area contributed by atoms with Crippen molar-refractivity contribution < 1.29 is 4.79 Å². The van der Waals surface area contributed by atoms with Crippen LogP contribution >= 0.6 is 23.1 Å². The summed E-state index contributed by atoms with van der Waals surface area (Å²) >= 11 is 3.14. The highest BCUT2D eigenvalue weighted by atomic mass is 32.2. The van der Waals surface area contributed by atoms with Gasteiger partial charge >= 0.3 is 0 Å². The van der Waals surface area contributed by atoms with Crippen molar-refractivity contribution in [2.24, 2.45) is 0 Å². The average molecular weight is 271 g/mol. The highest BCUT2D eigenvalue weighted by Crippen LogP contribution is 2.27. The molecule has 1 aromatic heterocycles. The summed E-state index contributed by atoms with van der Waals surface area (Å²) in [7, 11) is 0. The topological polar surface area (TPSA) is 68.0 Å². The number of nitrogens with zero attached hydrogens (tertiary/aromatic N) is 1. The molecule has 0 radical (unpaired) electrons. The van der Waals surface area contributed by atoms with Gasteiger partial charge in [0, 0.05) is 16.7 Å². The van der Waals surface area contributed by atoms with Gasteiger partial charge in [-0.3, -0.25) is 4.79 Å². The smallest absolute Gasteiger partial charge is 0.271 e. The highest BCUT2D eigenvalue weighted by molar-refractivity contribution is 7.99. The minimum Gasteiger partial charge on any atom is -0.375 e. The first-order chi connectivity index (χ1) is 8.20. The number of rotatable bonds is 3. The van der Waals surface area contributed by atoms with Crippen LogP contribution in [0, 0.1) is 0 Å². The maximum atomic E-state index is 12.0.